The van der Waals surface area contributed by atoms with Gasteiger partial charge in [0, 0.05) is 32.1 Å². The minimum Gasteiger partial charge on any atom is -0.468 e. The van der Waals surface area contributed by atoms with Gasteiger partial charge in [-0.3, -0.25) is 15.8 Å². The molecule has 1 fully saturated rings. The number of aliphatic hydroxyl groups is 1. The predicted molar refractivity (Wildman–Crippen MR) is 107 cm³/mol. The third-order valence-corrected chi connectivity index (χ3v) is 5.88. The van der Waals surface area contributed by atoms with Gasteiger partial charge in [-0.25, -0.2) is 14.2 Å². The maximum Gasteiger partial charge on any atom is 0.250 e. The van der Waals surface area contributed by atoms with Crippen LogP contribution in [0, 0.1) is 17.1 Å². The fourth-order valence-corrected chi connectivity index (χ4v) is 4.12. The van der Waals surface area contributed by atoms with Crippen molar-refractivity contribution in [3.05, 3.63) is 41.2 Å². The summed E-state index contributed by atoms with van der Waals surface area (Å²) in [4.78, 5) is 11.8. The number of nitrogens with zero attached hydrogens (tertiary/aromatic N) is 4. The fourth-order valence-electron chi connectivity index (χ4n) is 3.92. The molecule has 0 bridgehead atoms. The average Bonchev–Trinajstić information content (AvgIpc) is 3.28. The number of aliphatic hydroxyl groups excluding tert-OH is 1. The molecular weight excluding hydrogens is 415 g/mol. The van der Waals surface area contributed by atoms with Gasteiger partial charge < -0.3 is 9.84 Å². The highest BCUT2D eigenvalue weighted by Crippen LogP contribution is 2.40. The van der Waals surface area contributed by atoms with Gasteiger partial charge in [0.1, 0.15) is 12.4 Å². The molecule has 1 saturated heterocycles. The first-order valence-corrected chi connectivity index (χ1v) is 9.73. The maximum atomic E-state index is 14.2. The van der Waals surface area contributed by atoms with Crippen LogP contribution in [-0.2, 0) is 4.84 Å². The highest BCUT2D eigenvalue weighted by Gasteiger charge is 2.59. The summed E-state index contributed by atoms with van der Waals surface area (Å²) in [5, 5.41) is 24.2. The van der Waals surface area contributed by atoms with Crippen LogP contribution in [0.1, 0.15) is 12.8 Å². The summed E-state index contributed by atoms with van der Waals surface area (Å²) >= 11 is 6.08. The van der Waals surface area contributed by atoms with Crippen LogP contribution in [0.2, 0.25) is 5.02 Å². The van der Waals surface area contributed by atoms with Crippen molar-refractivity contribution in [2.45, 2.75) is 29.8 Å². The van der Waals surface area contributed by atoms with Crippen molar-refractivity contribution in [2.75, 3.05) is 19.7 Å². The van der Waals surface area contributed by atoms with Gasteiger partial charge in [0.25, 0.3) is 5.72 Å². The molecule has 3 heterocycles. The first kappa shape index (κ1) is 20.6. The zero-order valence-corrected chi connectivity index (χ0v) is 16.6. The summed E-state index contributed by atoms with van der Waals surface area (Å²) in [6, 6.07) is 6.40. The van der Waals surface area contributed by atoms with E-state index in [0.29, 0.717) is 13.1 Å². The second-order valence-electron chi connectivity index (χ2n) is 7.18. The molecule has 0 aromatic heterocycles. The van der Waals surface area contributed by atoms with E-state index in [4.69, 9.17) is 21.2 Å². The van der Waals surface area contributed by atoms with Gasteiger partial charge in [0.05, 0.1) is 11.6 Å². The molecule has 3 aliphatic heterocycles. The molecule has 0 saturated carbocycles. The quantitative estimate of drug-likeness (QED) is 0.640. The van der Waals surface area contributed by atoms with Crippen LogP contribution in [0.15, 0.2) is 40.4 Å². The third kappa shape index (κ3) is 3.20. The highest BCUT2D eigenvalue weighted by molar-refractivity contribution is 6.32. The Balaban J connectivity index is 1.59. The molecular formula is C19H20ClFN6O3. The van der Waals surface area contributed by atoms with Crippen LogP contribution in [0.4, 0.5) is 4.39 Å². The number of allylic oxidation sites excluding steroid dienone is 1. The molecule has 158 valence electrons. The number of benzene rings is 1. The number of aliphatic imine (C=N–C) groups is 1. The van der Waals surface area contributed by atoms with E-state index in [2.05, 4.69) is 27.1 Å². The van der Waals surface area contributed by atoms with Crippen molar-refractivity contribution in [2.24, 2.45) is 10.1 Å². The van der Waals surface area contributed by atoms with E-state index in [1.807, 2.05) is 4.90 Å². The first-order valence-electron chi connectivity index (χ1n) is 9.35. The van der Waals surface area contributed by atoms with E-state index in [-0.39, 0.29) is 23.6 Å². The number of halogens is 2. The molecule has 2 atom stereocenters. The summed E-state index contributed by atoms with van der Waals surface area (Å²) in [6.45, 7) is 0.283. The van der Waals surface area contributed by atoms with Gasteiger partial charge in [-0.15, -0.1) is 0 Å². The molecule has 0 amide bonds. The van der Waals surface area contributed by atoms with Crippen LogP contribution >= 0.6 is 11.6 Å². The van der Waals surface area contributed by atoms with Gasteiger partial charge in [-0.1, -0.05) is 17.7 Å². The molecule has 3 N–H and O–H groups in total. The van der Waals surface area contributed by atoms with Crippen LogP contribution in [0.3, 0.4) is 0 Å². The number of hydrogen-bond acceptors (Lipinski definition) is 9. The molecule has 30 heavy (non-hydrogen) atoms. The van der Waals surface area contributed by atoms with Crippen LogP contribution in [-0.4, -0.2) is 59.2 Å². The number of hydrazone groups is 1. The van der Waals surface area contributed by atoms with E-state index in [1.54, 1.807) is 18.4 Å². The predicted octanol–water partition coefficient (Wildman–Crippen LogP) is 1.31. The average molecular weight is 435 g/mol. The summed E-state index contributed by atoms with van der Waals surface area (Å²) < 4.78 is 20.0. The standard InChI is InChI=1S/C19H20ClFN6O3/c20-14-3-1-4-15(21)16(14)29-17(11-22)6-9-27(10-7-17)18(5-2-8-24-26-18)19(12-28)23-13-25-30-19/h1-5,8,13,26,28H,6-7,9-10,12H2,(H,23,25). The van der Waals surface area contributed by atoms with Crippen molar-refractivity contribution < 1.29 is 19.1 Å². The molecule has 0 spiro atoms. The SMILES string of the molecule is N#CC1(Oc2c(F)cccc2Cl)CCN(C2(C3(CO)N=CNO3)C=CC=NN2)CC1. The van der Waals surface area contributed by atoms with Crippen molar-refractivity contribution in [3.8, 4) is 11.8 Å². The molecule has 0 aliphatic carbocycles. The number of ether oxygens (including phenoxy) is 1. The van der Waals surface area contributed by atoms with E-state index in [9.17, 15) is 14.8 Å². The summed E-state index contributed by atoms with van der Waals surface area (Å²) in [7, 11) is 0. The molecule has 2 unspecified atom stereocenters. The zero-order valence-electron chi connectivity index (χ0n) is 15.9. The largest absolute Gasteiger partial charge is 0.468 e. The number of nitriles is 1. The molecule has 4 rings (SSSR count). The third-order valence-electron chi connectivity index (χ3n) is 5.59. The Kier molecular flexibility index (Phi) is 5.38. The minimum atomic E-state index is -1.39. The van der Waals surface area contributed by atoms with Crippen molar-refractivity contribution >= 4 is 24.2 Å². The summed E-state index contributed by atoms with van der Waals surface area (Å²) in [6.07, 6.45) is 6.98. The Morgan fingerprint density at radius 3 is 2.77 bits per heavy atom. The van der Waals surface area contributed by atoms with E-state index in [1.165, 1.54) is 24.5 Å². The normalized spacial score (nSPS) is 29.8. The van der Waals surface area contributed by atoms with Gasteiger partial charge in [0.15, 0.2) is 22.8 Å². The van der Waals surface area contributed by atoms with Crippen LogP contribution in [0.5, 0.6) is 5.75 Å². The van der Waals surface area contributed by atoms with Crippen LogP contribution < -0.4 is 15.6 Å². The summed E-state index contributed by atoms with van der Waals surface area (Å²) in [5.41, 5.74) is 1.83. The smallest absolute Gasteiger partial charge is 0.250 e. The Labute approximate surface area is 177 Å². The number of rotatable bonds is 5. The number of nitrogens with one attached hydrogen (secondary N) is 2. The van der Waals surface area contributed by atoms with Crippen molar-refractivity contribution in [3.63, 3.8) is 0 Å². The molecule has 9 nitrogen and oxygen atoms in total. The Morgan fingerprint density at radius 1 is 1.40 bits per heavy atom. The summed E-state index contributed by atoms with van der Waals surface area (Å²) in [5.74, 6) is -0.759. The number of hydrogen-bond donors (Lipinski definition) is 3. The lowest BCUT2D eigenvalue weighted by atomic mass is 9.86. The van der Waals surface area contributed by atoms with E-state index in [0.717, 1.165) is 0 Å². The van der Waals surface area contributed by atoms with Crippen molar-refractivity contribution in [1.29, 1.82) is 5.26 Å². The Morgan fingerprint density at radius 2 is 2.20 bits per heavy atom. The Hall–Kier alpha value is -2.71. The molecule has 11 heteroatoms. The number of para-hydroxylation sites is 1. The van der Waals surface area contributed by atoms with Crippen molar-refractivity contribution in [1.82, 2.24) is 15.8 Å². The minimum absolute atomic E-state index is 0.105. The highest BCUT2D eigenvalue weighted by atomic mass is 35.5. The molecule has 0 radical (unpaired) electrons. The topological polar surface area (TPSA) is 114 Å². The monoisotopic (exact) mass is 434 g/mol. The molecule has 1 aromatic rings. The lowest BCUT2D eigenvalue weighted by molar-refractivity contribution is -0.179. The number of likely N-dealkylation sites (tertiary alicyclic amines) is 1. The van der Waals surface area contributed by atoms with Crippen LogP contribution in [0.25, 0.3) is 0 Å². The van der Waals surface area contributed by atoms with E-state index < -0.39 is 29.4 Å². The zero-order chi connectivity index (χ0) is 21.2. The maximum absolute atomic E-state index is 14.2. The Bertz CT molecular complexity index is 922. The lowest BCUT2D eigenvalue weighted by Gasteiger charge is -2.51. The fraction of sp³-hybridized carbons (Fsp3) is 0.421. The molecule has 1 aromatic carbocycles. The van der Waals surface area contributed by atoms with Gasteiger partial charge in [-0.2, -0.15) is 10.4 Å². The first-order chi connectivity index (χ1) is 14.5. The lowest BCUT2D eigenvalue weighted by Crippen LogP contribution is -2.73. The second kappa shape index (κ2) is 7.85. The van der Waals surface area contributed by atoms with Gasteiger partial charge in [-0.05, 0) is 24.3 Å². The second-order valence-corrected chi connectivity index (χ2v) is 7.59. The van der Waals surface area contributed by atoms with Gasteiger partial charge >= 0.3 is 0 Å². The molecule has 3 aliphatic rings. The number of hydroxylamine groups is 1. The van der Waals surface area contributed by atoms with Gasteiger partial charge in [0.2, 0.25) is 0 Å². The number of piperidine rings is 1. The van der Waals surface area contributed by atoms with E-state index >= 15 is 0 Å².